The number of sulfonamides is 1. The average Bonchev–Trinajstić information content (AvgIpc) is 2.43. The summed E-state index contributed by atoms with van der Waals surface area (Å²) in [5, 5.41) is 0. The summed E-state index contributed by atoms with van der Waals surface area (Å²) in [5.74, 6) is 0.0577. The molecule has 0 aliphatic heterocycles. The molecule has 4 nitrogen and oxygen atoms in total. The Morgan fingerprint density at radius 1 is 1.10 bits per heavy atom. The van der Waals surface area contributed by atoms with Crippen LogP contribution in [0, 0.1) is 0 Å². The quantitative estimate of drug-likeness (QED) is 0.713. The number of nitrogens with zero attached hydrogens (tertiary/aromatic N) is 1. The van der Waals surface area contributed by atoms with Crippen LogP contribution in [0.1, 0.15) is 51.2 Å². The zero-order valence-corrected chi connectivity index (χ0v) is 14.2. The lowest BCUT2D eigenvalue weighted by atomic mass is 10.1. The third-order valence-corrected chi connectivity index (χ3v) is 5.54. The minimum Gasteiger partial charge on any atom is -0.326 e. The van der Waals surface area contributed by atoms with Crippen LogP contribution in [0.4, 0.5) is 0 Å². The van der Waals surface area contributed by atoms with Crippen LogP contribution < -0.4 is 5.73 Å². The van der Waals surface area contributed by atoms with Crippen molar-refractivity contribution in [1.82, 2.24) is 4.31 Å². The molecule has 0 amide bonds. The molecule has 0 fully saturated rings. The lowest BCUT2D eigenvalue weighted by molar-refractivity contribution is 0.345. The summed E-state index contributed by atoms with van der Waals surface area (Å²) in [5.41, 5.74) is 7.38. The maximum Gasteiger partial charge on any atom is 0.218 e. The first-order valence-corrected chi connectivity index (χ1v) is 9.29. The Morgan fingerprint density at radius 2 is 1.67 bits per heavy atom. The lowest BCUT2D eigenvalue weighted by Gasteiger charge is -2.26. The topological polar surface area (TPSA) is 63.4 Å². The molecular weight excluding hydrogens is 284 g/mol. The minimum atomic E-state index is -3.27. The molecule has 0 aromatic heterocycles. The Hall–Kier alpha value is -0.910. The van der Waals surface area contributed by atoms with Gasteiger partial charge in [-0.25, -0.2) is 8.42 Å². The van der Waals surface area contributed by atoms with Gasteiger partial charge in [0.15, 0.2) is 0 Å². The molecular formula is C16H28N2O2S. The van der Waals surface area contributed by atoms with Crippen molar-refractivity contribution in [3.63, 3.8) is 0 Å². The highest BCUT2D eigenvalue weighted by Gasteiger charge is 2.24. The molecule has 120 valence electrons. The van der Waals surface area contributed by atoms with Crippen molar-refractivity contribution in [2.45, 2.75) is 58.4 Å². The van der Waals surface area contributed by atoms with Gasteiger partial charge >= 0.3 is 0 Å². The van der Waals surface area contributed by atoms with Gasteiger partial charge in [0.05, 0.1) is 5.75 Å². The van der Waals surface area contributed by atoms with E-state index >= 15 is 0 Å². The van der Waals surface area contributed by atoms with Crippen LogP contribution in [0.25, 0.3) is 0 Å². The van der Waals surface area contributed by atoms with Crippen molar-refractivity contribution >= 4 is 10.0 Å². The first-order valence-electron chi connectivity index (χ1n) is 7.68. The van der Waals surface area contributed by atoms with Gasteiger partial charge in [-0.15, -0.1) is 0 Å². The van der Waals surface area contributed by atoms with Crippen LogP contribution in [0.2, 0.25) is 0 Å². The predicted octanol–water partition coefficient (Wildman–Crippen LogP) is 2.88. The van der Waals surface area contributed by atoms with Gasteiger partial charge in [0.2, 0.25) is 10.0 Å². The maximum atomic E-state index is 12.6. The number of rotatable bonds is 9. The average molecular weight is 312 g/mol. The van der Waals surface area contributed by atoms with E-state index in [1.54, 1.807) is 4.31 Å². The highest BCUT2D eigenvalue weighted by Crippen LogP contribution is 2.16. The highest BCUT2D eigenvalue weighted by atomic mass is 32.2. The maximum absolute atomic E-state index is 12.6. The van der Waals surface area contributed by atoms with E-state index in [4.69, 9.17) is 5.73 Å². The number of hydrogen-bond donors (Lipinski definition) is 1. The molecule has 0 spiro atoms. The molecule has 1 aromatic rings. The summed E-state index contributed by atoms with van der Waals surface area (Å²) in [7, 11) is -3.27. The smallest absolute Gasteiger partial charge is 0.218 e. The summed E-state index contributed by atoms with van der Waals surface area (Å²) in [6.07, 6.45) is 3.07. The van der Waals surface area contributed by atoms with Gasteiger partial charge in [0.1, 0.15) is 0 Å². The normalized spacial score (nSPS) is 12.3. The zero-order valence-electron chi connectivity index (χ0n) is 13.4. The van der Waals surface area contributed by atoms with Gasteiger partial charge in [-0.1, -0.05) is 44.0 Å². The summed E-state index contributed by atoms with van der Waals surface area (Å²) in [4.78, 5) is 0. The zero-order chi connectivity index (χ0) is 15.9. The monoisotopic (exact) mass is 312 g/mol. The lowest BCUT2D eigenvalue weighted by Crippen LogP contribution is -2.38. The second-order valence-corrected chi connectivity index (χ2v) is 7.61. The van der Waals surface area contributed by atoms with E-state index in [9.17, 15) is 8.42 Å². The van der Waals surface area contributed by atoms with E-state index in [1.165, 1.54) is 0 Å². The van der Waals surface area contributed by atoms with Crippen LogP contribution in [-0.4, -0.2) is 25.3 Å². The number of hydrogen-bond acceptors (Lipinski definition) is 3. The van der Waals surface area contributed by atoms with Crippen molar-refractivity contribution in [2.24, 2.45) is 5.73 Å². The third-order valence-electron chi connectivity index (χ3n) is 3.52. The standard InChI is InChI=1S/C16H28N2O2S/c1-4-5-6-11-18(14(2)3)21(19,20)13-16-9-7-15(12-17)8-10-16/h7-10,14H,4-6,11-13,17H2,1-3H3. The Bertz CT molecular complexity index is 510. The molecule has 0 heterocycles. The van der Waals surface area contributed by atoms with E-state index < -0.39 is 10.0 Å². The van der Waals surface area contributed by atoms with Gasteiger partial charge in [0, 0.05) is 19.1 Å². The molecule has 0 radical (unpaired) electrons. The van der Waals surface area contributed by atoms with Gasteiger partial charge in [-0.2, -0.15) is 4.31 Å². The minimum absolute atomic E-state index is 0.00447. The van der Waals surface area contributed by atoms with Crippen LogP contribution >= 0.6 is 0 Å². The van der Waals surface area contributed by atoms with Crippen molar-refractivity contribution in [3.8, 4) is 0 Å². The molecule has 2 N–H and O–H groups in total. The predicted molar refractivity (Wildman–Crippen MR) is 88.3 cm³/mol. The largest absolute Gasteiger partial charge is 0.326 e. The Morgan fingerprint density at radius 3 is 2.14 bits per heavy atom. The fourth-order valence-corrected chi connectivity index (χ4v) is 4.13. The van der Waals surface area contributed by atoms with Gasteiger partial charge in [-0.05, 0) is 31.4 Å². The summed E-state index contributed by atoms with van der Waals surface area (Å²) in [6, 6.07) is 7.48. The highest BCUT2D eigenvalue weighted by molar-refractivity contribution is 7.88. The molecule has 5 heteroatoms. The number of unbranched alkanes of at least 4 members (excludes halogenated alkanes) is 2. The van der Waals surface area contributed by atoms with Gasteiger partial charge < -0.3 is 5.73 Å². The van der Waals surface area contributed by atoms with E-state index in [1.807, 2.05) is 38.1 Å². The van der Waals surface area contributed by atoms with Crippen LogP contribution in [-0.2, 0) is 22.3 Å². The van der Waals surface area contributed by atoms with Crippen molar-refractivity contribution in [2.75, 3.05) is 6.54 Å². The van der Waals surface area contributed by atoms with Crippen LogP contribution in [0.3, 0.4) is 0 Å². The van der Waals surface area contributed by atoms with E-state index in [2.05, 4.69) is 6.92 Å². The van der Waals surface area contributed by atoms with E-state index in [0.29, 0.717) is 13.1 Å². The molecule has 0 atom stereocenters. The Balaban J connectivity index is 2.79. The molecule has 21 heavy (non-hydrogen) atoms. The molecule has 0 aliphatic carbocycles. The molecule has 0 saturated carbocycles. The molecule has 1 aromatic carbocycles. The summed E-state index contributed by atoms with van der Waals surface area (Å²) >= 11 is 0. The molecule has 0 aliphatic rings. The number of benzene rings is 1. The molecule has 1 rings (SSSR count). The summed E-state index contributed by atoms with van der Waals surface area (Å²) < 4.78 is 26.8. The first kappa shape index (κ1) is 18.1. The molecule has 0 unspecified atom stereocenters. The van der Waals surface area contributed by atoms with Crippen LogP contribution in [0.5, 0.6) is 0 Å². The van der Waals surface area contributed by atoms with Crippen molar-refractivity contribution < 1.29 is 8.42 Å². The SMILES string of the molecule is CCCCCN(C(C)C)S(=O)(=O)Cc1ccc(CN)cc1. The number of nitrogens with two attached hydrogens (primary N) is 1. The molecule has 0 saturated heterocycles. The van der Waals surface area contributed by atoms with Gasteiger partial charge in [-0.3, -0.25) is 0 Å². The van der Waals surface area contributed by atoms with E-state index in [-0.39, 0.29) is 11.8 Å². The molecule has 0 bridgehead atoms. The second kappa shape index (κ2) is 8.51. The third kappa shape index (κ3) is 5.77. The van der Waals surface area contributed by atoms with Gasteiger partial charge in [0.25, 0.3) is 0 Å². The fraction of sp³-hybridized carbons (Fsp3) is 0.625. The fourth-order valence-electron chi connectivity index (χ4n) is 2.30. The first-order chi connectivity index (χ1) is 9.90. The van der Waals surface area contributed by atoms with Crippen molar-refractivity contribution in [3.05, 3.63) is 35.4 Å². The Kier molecular flexibility index (Phi) is 7.35. The van der Waals surface area contributed by atoms with Crippen molar-refractivity contribution in [1.29, 1.82) is 0 Å². The van der Waals surface area contributed by atoms with E-state index in [0.717, 1.165) is 30.4 Å². The second-order valence-electron chi connectivity index (χ2n) is 5.69. The summed E-state index contributed by atoms with van der Waals surface area (Å²) in [6.45, 7) is 7.06. The van der Waals surface area contributed by atoms with Crippen LogP contribution in [0.15, 0.2) is 24.3 Å². The Labute approximate surface area is 129 Å².